The molecule has 0 saturated carbocycles. The number of carboxylic acid groups (broad SMARTS) is 1. The standard InChI is InChI=1S/C11H15NO4/c1-6-8(15-2)4-7(5-9(6)16-3)10(12)11(13)14/h4-5,10H,12H2,1-3H3,(H,13,14). The Kier molecular flexibility index (Phi) is 3.73. The molecule has 0 radical (unpaired) electrons. The lowest BCUT2D eigenvalue weighted by Gasteiger charge is -2.14. The second kappa shape index (κ2) is 4.85. The van der Waals surface area contributed by atoms with Crippen molar-refractivity contribution >= 4 is 5.97 Å². The van der Waals surface area contributed by atoms with Crippen molar-refractivity contribution in [2.45, 2.75) is 13.0 Å². The first-order valence-electron chi connectivity index (χ1n) is 4.72. The van der Waals surface area contributed by atoms with Crippen molar-refractivity contribution in [3.05, 3.63) is 23.3 Å². The number of carbonyl (C=O) groups is 1. The zero-order chi connectivity index (χ0) is 12.3. The number of carboxylic acids is 1. The quantitative estimate of drug-likeness (QED) is 0.801. The normalized spacial score (nSPS) is 12.0. The molecular weight excluding hydrogens is 210 g/mol. The summed E-state index contributed by atoms with van der Waals surface area (Å²) in [6.07, 6.45) is 0. The second-order valence-corrected chi connectivity index (χ2v) is 3.37. The zero-order valence-electron chi connectivity index (χ0n) is 9.48. The van der Waals surface area contributed by atoms with Gasteiger partial charge in [-0.1, -0.05) is 0 Å². The maximum atomic E-state index is 10.8. The topological polar surface area (TPSA) is 81.8 Å². The van der Waals surface area contributed by atoms with Crippen LogP contribution in [0.5, 0.6) is 11.5 Å². The molecule has 0 fully saturated rings. The van der Waals surface area contributed by atoms with E-state index in [-0.39, 0.29) is 0 Å². The molecule has 0 aliphatic carbocycles. The van der Waals surface area contributed by atoms with Crippen molar-refractivity contribution in [2.75, 3.05) is 14.2 Å². The molecule has 0 aliphatic rings. The van der Waals surface area contributed by atoms with Gasteiger partial charge < -0.3 is 20.3 Å². The lowest BCUT2D eigenvalue weighted by atomic mass is 10.0. The van der Waals surface area contributed by atoms with E-state index >= 15 is 0 Å². The zero-order valence-corrected chi connectivity index (χ0v) is 9.48. The fraction of sp³-hybridized carbons (Fsp3) is 0.364. The van der Waals surface area contributed by atoms with E-state index in [0.29, 0.717) is 17.1 Å². The van der Waals surface area contributed by atoms with Gasteiger partial charge in [-0.05, 0) is 24.6 Å². The summed E-state index contributed by atoms with van der Waals surface area (Å²) >= 11 is 0. The van der Waals surface area contributed by atoms with Gasteiger partial charge in [-0.25, -0.2) is 0 Å². The molecule has 0 aliphatic heterocycles. The molecule has 0 heterocycles. The van der Waals surface area contributed by atoms with Gasteiger partial charge in [-0.2, -0.15) is 0 Å². The molecule has 16 heavy (non-hydrogen) atoms. The van der Waals surface area contributed by atoms with Crippen LogP contribution in [0.15, 0.2) is 12.1 Å². The molecule has 1 aromatic rings. The number of methoxy groups -OCH3 is 2. The third kappa shape index (κ3) is 2.25. The number of rotatable bonds is 4. The van der Waals surface area contributed by atoms with Crippen LogP contribution in [0.4, 0.5) is 0 Å². The van der Waals surface area contributed by atoms with Crippen molar-refractivity contribution < 1.29 is 19.4 Å². The molecule has 0 aromatic heterocycles. The van der Waals surface area contributed by atoms with Crippen LogP contribution in [0.2, 0.25) is 0 Å². The van der Waals surface area contributed by atoms with E-state index in [4.69, 9.17) is 20.3 Å². The van der Waals surface area contributed by atoms with Gasteiger partial charge in [0, 0.05) is 5.56 Å². The SMILES string of the molecule is COc1cc(C(N)C(=O)O)cc(OC)c1C. The van der Waals surface area contributed by atoms with Gasteiger partial charge in [0.05, 0.1) is 14.2 Å². The van der Waals surface area contributed by atoms with E-state index in [9.17, 15) is 4.79 Å². The molecule has 5 heteroatoms. The Hall–Kier alpha value is -1.75. The molecule has 1 atom stereocenters. The van der Waals surface area contributed by atoms with Crippen LogP contribution < -0.4 is 15.2 Å². The van der Waals surface area contributed by atoms with Crippen LogP contribution in [0.25, 0.3) is 0 Å². The predicted octanol–water partition coefficient (Wildman–Crippen LogP) is 1.10. The summed E-state index contributed by atoms with van der Waals surface area (Å²) in [5, 5.41) is 8.83. The van der Waals surface area contributed by atoms with Crippen molar-refractivity contribution in [1.29, 1.82) is 0 Å². The van der Waals surface area contributed by atoms with E-state index in [1.165, 1.54) is 14.2 Å². The highest BCUT2D eigenvalue weighted by Crippen LogP contribution is 2.31. The molecule has 0 bridgehead atoms. The fourth-order valence-corrected chi connectivity index (χ4v) is 1.43. The third-order valence-electron chi connectivity index (χ3n) is 2.40. The molecule has 0 spiro atoms. The van der Waals surface area contributed by atoms with Crippen molar-refractivity contribution in [1.82, 2.24) is 0 Å². The van der Waals surface area contributed by atoms with Gasteiger partial charge in [-0.3, -0.25) is 4.79 Å². The Labute approximate surface area is 93.8 Å². The first kappa shape index (κ1) is 12.3. The summed E-state index contributed by atoms with van der Waals surface area (Å²) in [5.74, 6) is 0.0325. The number of ether oxygens (including phenoxy) is 2. The number of nitrogens with two attached hydrogens (primary N) is 1. The van der Waals surface area contributed by atoms with E-state index < -0.39 is 12.0 Å². The first-order chi connectivity index (χ1) is 7.51. The van der Waals surface area contributed by atoms with Crippen molar-refractivity contribution in [2.24, 2.45) is 5.73 Å². The Bertz CT molecular complexity index is 378. The molecule has 3 N–H and O–H groups in total. The van der Waals surface area contributed by atoms with Crippen molar-refractivity contribution in [3.8, 4) is 11.5 Å². The minimum Gasteiger partial charge on any atom is -0.496 e. The summed E-state index contributed by atoms with van der Waals surface area (Å²) in [6, 6.07) is 2.14. The molecule has 1 rings (SSSR count). The average molecular weight is 225 g/mol. The van der Waals surface area contributed by atoms with Crippen molar-refractivity contribution in [3.63, 3.8) is 0 Å². The summed E-state index contributed by atoms with van der Waals surface area (Å²) in [7, 11) is 3.02. The van der Waals surface area contributed by atoms with E-state index in [2.05, 4.69) is 0 Å². The van der Waals surface area contributed by atoms with Gasteiger partial charge in [0.2, 0.25) is 0 Å². The monoisotopic (exact) mass is 225 g/mol. The third-order valence-corrected chi connectivity index (χ3v) is 2.40. The number of hydrogen-bond donors (Lipinski definition) is 2. The van der Waals surface area contributed by atoms with Gasteiger partial charge in [0.15, 0.2) is 0 Å². The number of aliphatic carboxylic acids is 1. The maximum absolute atomic E-state index is 10.8. The molecule has 0 amide bonds. The van der Waals surface area contributed by atoms with Gasteiger partial charge in [0.25, 0.3) is 0 Å². The number of hydrogen-bond acceptors (Lipinski definition) is 4. The molecule has 5 nitrogen and oxygen atoms in total. The summed E-state index contributed by atoms with van der Waals surface area (Å²) in [5.41, 5.74) is 6.79. The van der Waals surface area contributed by atoms with E-state index in [1.807, 2.05) is 6.92 Å². The Balaban J connectivity index is 3.26. The highest BCUT2D eigenvalue weighted by Gasteiger charge is 2.18. The highest BCUT2D eigenvalue weighted by molar-refractivity contribution is 5.75. The lowest BCUT2D eigenvalue weighted by Crippen LogP contribution is -2.20. The minimum atomic E-state index is -1.09. The molecule has 1 unspecified atom stereocenters. The largest absolute Gasteiger partial charge is 0.496 e. The first-order valence-corrected chi connectivity index (χ1v) is 4.72. The molecular formula is C11H15NO4. The fourth-order valence-electron chi connectivity index (χ4n) is 1.43. The average Bonchev–Trinajstić information content (AvgIpc) is 2.28. The Morgan fingerprint density at radius 2 is 1.75 bits per heavy atom. The minimum absolute atomic E-state index is 0.451. The smallest absolute Gasteiger partial charge is 0.325 e. The summed E-state index contributed by atoms with van der Waals surface area (Å²) in [6.45, 7) is 1.83. The van der Waals surface area contributed by atoms with Gasteiger partial charge in [0.1, 0.15) is 17.5 Å². The van der Waals surface area contributed by atoms with Crippen LogP contribution in [0, 0.1) is 6.92 Å². The Morgan fingerprint density at radius 1 is 1.31 bits per heavy atom. The van der Waals surface area contributed by atoms with Gasteiger partial charge >= 0.3 is 5.97 Å². The predicted molar refractivity (Wildman–Crippen MR) is 58.8 cm³/mol. The van der Waals surface area contributed by atoms with Crippen LogP contribution >= 0.6 is 0 Å². The van der Waals surface area contributed by atoms with E-state index in [0.717, 1.165) is 5.56 Å². The summed E-state index contributed by atoms with van der Waals surface area (Å²) < 4.78 is 10.3. The van der Waals surface area contributed by atoms with Crippen LogP contribution in [0.3, 0.4) is 0 Å². The second-order valence-electron chi connectivity index (χ2n) is 3.37. The summed E-state index contributed by atoms with van der Waals surface area (Å²) in [4.78, 5) is 10.8. The Morgan fingerprint density at radius 3 is 2.06 bits per heavy atom. The highest BCUT2D eigenvalue weighted by atomic mass is 16.5. The van der Waals surface area contributed by atoms with Gasteiger partial charge in [-0.15, -0.1) is 0 Å². The van der Waals surface area contributed by atoms with E-state index in [1.54, 1.807) is 12.1 Å². The molecule has 88 valence electrons. The maximum Gasteiger partial charge on any atom is 0.325 e. The van der Waals surface area contributed by atoms with Crippen LogP contribution in [-0.4, -0.2) is 25.3 Å². The lowest BCUT2D eigenvalue weighted by molar-refractivity contribution is -0.138. The van der Waals surface area contributed by atoms with Crippen LogP contribution in [-0.2, 0) is 4.79 Å². The molecule has 1 aromatic carbocycles. The number of benzene rings is 1. The van der Waals surface area contributed by atoms with Crippen LogP contribution in [0.1, 0.15) is 17.2 Å². The molecule has 0 saturated heterocycles.